The highest BCUT2D eigenvalue weighted by atomic mass is 32.2. The molecule has 1 fully saturated rings. The molecular weight excluding hydrogens is 462 g/mol. The van der Waals surface area contributed by atoms with Crippen molar-refractivity contribution in [2.45, 2.75) is 38.0 Å². The van der Waals surface area contributed by atoms with E-state index in [0.29, 0.717) is 35.6 Å². The summed E-state index contributed by atoms with van der Waals surface area (Å²) in [6.45, 7) is 5.02. The molecule has 0 aromatic heterocycles. The molecule has 4 rings (SSSR count). The van der Waals surface area contributed by atoms with E-state index in [-0.39, 0.29) is 16.4 Å². The van der Waals surface area contributed by atoms with Crippen LogP contribution in [0.5, 0.6) is 0 Å². The van der Waals surface area contributed by atoms with E-state index < -0.39 is 15.9 Å². The number of benzene rings is 3. The predicted molar refractivity (Wildman–Crippen MR) is 137 cm³/mol. The quantitative estimate of drug-likeness (QED) is 0.508. The maximum absolute atomic E-state index is 13.2. The van der Waals surface area contributed by atoms with Gasteiger partial charge >= 0.3 is 0 Å². The highest BCUT2D eigenvalue weighted by molar-refractivity contribution is 7.92. The molecule has 0 atom stereocenters. The summed E-state index contributed by atoms with van der Waals surface area (Å²) in [6, 6.07) is 18.4. The molecule has 3 aromatic rings. The van der Waals surface area contributed by atoms with Gasteiger partial charge in [-0.2, -0.15) is 0 Å². The molecule has 1 saturated heterocycles. The third kappa shape index (κ3) is 5.71. The van der Waals surface area contributed by atoms with Crippen LogP contribution >= 0.6 is 0 Å². The maximum Gasteiger partial charge on any atom is 0.261 e. The minimum atomic E-state index is -3.90. The lowest BCUT2D eigenvalue weighted by molar-refractivity contribution is 0.0725. The summed E-state index contributed by atoms with van der Waals surface area (Å²) in [5, 5.41) is 2.82. The second-order valence-electron chi connectivity index (χ2n) is 8.80. The Hall–Kier alpha value is -3.65. The fraction of sp³-hybridized carbons (Fsp3) is 0.259. The zero-order valence-electron chi connectivity index (χ0n) is 19.9. The average Bonchev–Trinajstić information content (AvgIpc) is 2.84. The molecule has 35 heavy (non-hydrogen) atoms. The van der Waals surface area contributed by atoms with Crippen molar-refractivity contribution in [2.24, 2.45) is 0 Å². The Balaban J connectivity index is 1.58. The molecule has 1 aliphatic heterocycles. The number of hydrogen-bond acceptors (Lipinski definition) is 4. The van der Waals surface area contributed by atoms with Crippen LogP contribution in [0, 0.1) is 13.8 Å². The smallest absolute Gasteiger partial charge is 0.261 e. The van der Waals surface area contributed by atoms with Gasteiger partial charge < -0.3 is 10.2 Å². The molecule has 0 saturated carbocycles. The first-order valence-electron chi connectivity index (χ1n) is 11.6. The van der Waals surface area contributed by atoms with Crippen LogP contribution in [-0.4, -0.2) is 38.2 Å². The van der Waals surface area contributed by atoms with E-state index in [2.05, 4.69) is 10.0 Å². The van der Waals surface area contributed by atoms with Crippen LogP contribution in [0.1, 0.15) is 51.1 Å². The SMILES string of the molecule is Cc1cccc(NS(=O)(=O)c2ccc(C)c(C(=O)Nc3ccccc3C(=O)N3CCCCC3)c2)c1. The fourth-order valence-electron chi connectivity index (χ4n) is 4.17. The molecule has 0 unspecified atom stereocenters. The van der Waals surface area contributed by atoms with Crippen molar-refractivity contribution in [1.82, 2.24) is 4.90 Å². The number of hydrogen-bond donors (Lipinski definition) is 2. The Bertz CT molecular complexity index is 1360. The van der Waals surface area contributed by atoms with E-state index in [0.717, 1.165) is 24.8 Å². The van der Waals surface area contributed by atoms with Crippen LogP contribution < -0.4 is 10.0 Å². The Morgan fingerprint density at radius 3 is 2.31 bits per heavy atom. The van der Waals surface area contributed by atoms with Gasteiger partial charge in [0.1, 0.15) is 0 Å². The molecule has 8 heteroatoms. The molecular formula is C27H29N3O4S. The lowest BCUT2D eigenvalue weighted by Crippen LogP contribution is -2.36. The summed E-state index contributed by atoms with van der Waals surface area (Å²) in [6.07, 6.45) is 3.05. The number of carbonyl (C=O) groups is 2. The second kappa shape index (κ2) is 10.3. The van der Waals surface area contributed by atoms with Gasteiger partial charge in [-0.15, -0.1) is 0 Å². The molecule has 2 N–H and O–H groups in total. The van der Waals surface area contributed by atoms with Gasteiger partial charge in [-0.1, -0.05) is 30.3 Å². The second-order valence-corrected chi connectivity index (χ2v) is 10.5. The third-order valence-electron chi connectivity index (χ3n) is 6.08. The third-order valence-corrected chi connectivity index (χ3v) is 7.46. The average molecular weight is 492 g/mol. The van der Waals surface area contributed by atoms with Gasteiger partial charge in [0, 0.05) is 24.3 Å². The minimum absolute atomic E-state index is 0.0209. The largest absolute Gasteiger partial charge is 0.339 e. The summed E-state index contributed by atoms with van der Waals surface area (Å²) >= 11 is 0. The first kappa shape index (κ1) is 24.5. The van der Waals surface area contributed by atoms with Crippen LogP contribution in [-0.2, 0) is 10.0 Å². The van der Waals surface area contributed by atoms with Crippen LogP contribution in [0.15, 0.2) is 71.6 Å². The summed E-state index contributed by atoms with van der Waals surface area (Å²) in [5.74, 6) is -0.593. The molecule has 0 spiro atoms. The zero-order chi connectivity index (χ0) is 25.0. The van der Waals surface area contributed by atoms with Gasteiger partial charge in [-0.3, -0.25) is 14.3 Å². The van der Waals surface area contributed by atoms with Crippen LogP contribution in [0.25, 0.3) is 0 Å². The first-order valence-corrected chi connectivity index (χ1v) is 13.1. The van der Waals surface area contributed by atoms with Gasteiger partial charge in [0.2, 0.25) is 0 Å². The zero-order valence-corrected chi connectivity index (χ0v) is 20.7. The predicted octanol–water partition coefficient (Wildman–Crippen LogP) is 4.98. The number of nitrogens with zero attached hydrogens (tertiary/aromatic N) is 1. The van der Waals surface area contributed by atoms with Gasteiger partial charge in [0.25, 0.3) is 21.8 Å². The van der Waals surface area contributed by atoms with Crippen LogP contribution in [0.4, 0.5) is 11.4 Å². The van der Waals surface area contributed by atoms with E-state index in [1.165, 1.54) is 12.1 Å². The number of para-hydroxylation sites is 1. The van der Waals surface area contributed by atoms with Gasteiger partial charge in [0.05, 0.1) is 16.1 Å². The molecule has 7 nitrogen and oxygen atoms in total. The van der Waals surface area contributed by atoms with Crippen molar-refractivity contribution < 1.29 is 18.0 Å². The lowest BCUT2D eigenvalue weighted by atomic mass is 10.1. The van der Waals surface area contributed by atoms with Crippen LogP contribution in [0.2, 0.25) is 0 Å². The van der Waals surface area contributed by atoms with E-state index >= 15 is 0 Å². The van der Waals surface area contributed by atoms with Gasteiger partial charge in [-0.05, 0) is 80.6 Å². The fourth-order valence-corrected chi connectivity index (χ4v) is 5.25. The Morgan fingerprint density at radius 1 is 0.829 bits per heavy atom. The highest BCUT2D eigenvalue weighted by Gasteiger charge is 2.23. The molecule has 1 aliphatic rings. The van der Waals surface area contributed by atoms with E-state index in [1.54, 1.807) is 55.5 Å². The van der Waals surface area contributed by atoms with E-state index in [9.17, 15) is 18.0 Å². The van der Waals surface area contributed by atoms with Gasteiger partial charge in [-0.25, -0.2) is 8.42 Å². The number of amides is 2. The number of piperidine rings is 1. The number of likely N-dealkylation sites (tertiary alicyclic amines) is 1. The van der Waals surface area contributed by atoms with E-state index in [4.69, 9.17) is 0 Å². The van der Waals surface area contributed by atoms with Gasteiger partial charge in [0.15, 0.2) is 0 Å². The minimum Gasteiger partial charge on any atom is -0.339 e. The number of carbonyl (C=O) groups excluding carboxylic acids is 2. The maximum atomic E-state index is 13.2. The number of rotatable bonds is 6. The summed E-state index contributed by atoms with van der Waals surface area (Å²) < 4.78 is 28.5. The number of sulfonamides is 1. The molecule has 0 radical (unpaired) electrons. The number of aryl methyl sites for hydroxylation is 2. The molecule has 0 bridgehead atoms. The summed E-state index contributed by atoms with van der Waals surface area (Å²) in [4.78, 5) is 28.1. The van der Waals surface area contributed by atoms with Crippen molar-refractivity contribution >= 4 is 33.2 Å². The monoisotopic (exact) mass is 491 g/mol. The summed E-state index contributed by atoms with van der Waals surface area (Å²) in [7, 11) is -3.90. The standard InChI is InChI=1S/C27H29N3O4S/c1-19-9-8-10-21(17-19)29-35(33,34)22-14-13-20(2)24(18-22)26(31)28-25-12-5-4-11-23(25)27(32)30-15-6-3-7-16-30/h4-5,8-14,17-18,29H,3,6-7,15-16H2,1-2H3,(H,28,31). The van der Waals surface area contributed by atoms with Crippen molar-refractivity contribution in [2.75, 3.05) is 23.1 Å². The van der Waals surface area contributed by atoms with Crippen molar-refractivity contribution in [3.05, 3.63) is 89.0 Å². The molecule has 3 aromatic carbocycles. The van der Waals surface area contributed by atoms with Crippen molar-refractivity contribution in [3.8, 4) is 0 Å². The van der Waals surface area contributed by atoms with E-state index in [1.807, 2.05) is 17.9 Å². The first-order chi connectivity index (χ1) is 16.7. The molecule has 1 heterocycles. The summed E-state index contributed by atoms with van der Waals surface area (Å²) in [5.41, 5.74) is 3.03. The van der Waals surface area contributed by atoms with Crippen molar-refractivity contribution in [3.63, 3.8) is 0 Å². The lowest BCUT2D eigenvalue weighted by Gasteiger charge is -2.27. The molecule has 0 aliphatic carbocycles. The Labute approximate surface area is 206 Å². The topological polar surface area (TPSA) is 95.6 Å². The molecule has 182 valence electrons. The highest BCUT2D eigenvalue weighted by Crippen LogP contribution is 2.24. The van der Waals surface area contributed by atoms with Crippen molar-refractivity contribution in [1.29, 1.82) is 0 Å². The normalized spacial score (nSPS) is 13.8. The van der Waals surface area contributed by atoms with Crippen LogP contribution in [0.3, 0.4) is 0 Å². The molecule has 2 amide bonds. The Kier molecular flexibility index (Phi) is 7.21. The Morgan fingerprint density at radius 2 is 1.57 bits per heavy atom. The number of anilines is 2. The number of nitrogens with one attached hydrogen (secondary N) is 2.